The molecule has 1 aromatic carbocycles. The highest BCUT2D eigenvalue weighted by Crippen LogP contribution is 2.16. The number of hydrogen-bond acceptors (Lipinski definition) is 3. The van der Waals surface area contributed by atoms with Gasteiger partial charge in [0.2, 0.25) is 0 Å². The average molecular weight is 211 g/mol. The Kier molecular flexibility index (Phi) is 2.84. The summed E-state index contributed by atoms with van der Waals surface area (Å²) >= 11 is 0. The van der Waals surface area contributed by atoms with Crippen LogP contribution in [0.25, 0.3) is 0 Å². The lowest BCUT2D eigenvalue weighted by Crippen LogP contribution is -1.97. The predicted octanol–water partition coefficient (Wildman–Crippen LogP) is 1.33. The molecular weight excluding hydrogens is 202 g/mol. The second kappa shape index (κ2) is 3.74. The summed E-state index contributed by atoms with van der Waals surface area (Å²) in [5, 5.41) is 0. The van der Waals surface area contributed by atoms with Crippen LogP contribution in [0.15, 0.2) is 27.5 Å². The van der Waals surface area contributed by atoms with Crippen LogP contribution in [0.3, 0.4) is 0 Å². The summed E-state index contributed by atoms with van der Waals surface area (Å²) in [7, 11) is -3.85. The fraction of sp³-hybridized carbons (Fsp3) is 0.222. The summed E-state index contributed by atoms with van der Waals surface area (Å²) in [6.45, 7) is 3.66. The Balaban J connectivity index is 3.35. The number of hydrogen-bond donors (Lipinski definition) is 0. The number of aryl methyl sites for hydroxylation is 2. The van der Waals surface area contributed by atoms with Crippen LogP contribution in [-0.2, 0) is 14.8 Å². The van der Waals surface area contributed by atoms with E-state index in [1.54, 1.807) is 13.0 Å². The molecule has 0 aliphatic rings. The molecule has 0 aromatic heterocycles. The maximum absolute atomic E-state index is 11.3. The van der Waals surface area contributed by atoms with E-state index in [2.05, 4.69) is 4.40 Å². The Hall–Kier alpha value is -1.45. The highest BCUT2D eigenvalue weighted by Gasteiger charge is 2.12. The molecule has 0 radical (unpaired) electrons. The van der Waals surface area contributed by atoms with Gasteiger partial charge in [-0.25, -0.2) is 4.79 Å². The van der Waals surface area contributed by atoms with E-state index in [1.165, 1.54) is 12.1 Å². The quantitative estimate of drug-likeness (QED) is 0.547. The number of sulfonamides is 1. The Morgan fingerprint density at radius 2 is 1.86 bits per heavy atom. The first kappa shape index (κ1) is 10.6. The third-order valence-corrected chi connectivity index (χ3v) is 3.10. The van der Waals surface area contributed by atoms with Gasteiger partial charge in [-0.1, -0.05) is 10.5 Å². The molecule has 0 saturated carbocycles. The first-order valence-electron chi connectivity index (χ1n) is 3.89. The summed E-state index contributed by atoms with van der Waals surface area (Å²) in [5.74, 6) is 0. The highest BCUT2D eigenvalue weighted by atomic mass is 32.2. The smallest absolute Gasteiger partial charge is 0.210 e. The maximum atomic E-state index is 11.3. The fourth-order valence-electron chi connectivity index (χ4n) is 0.976. The number of benzene rings is 1. The molecule has 0 heterocycles. The van der Waals surface area contributed by atoms with E-state index < -0.39 is 10.0 Å². The molecule has 0 N–H and O–H groups in total. The Bertz CT molecular complexity index is 499. The largest absolute Gasteiger partial charge is 0.292 e. The first-order valence-corrected chi connectivity index (χ1v) is 5.33. The van der Waals surface area contributed by atoms with Crippen LogP contribution < -0.4 is 0 Å². The van der Waals surface area contributed by atoms with Crippen LogP contribution in [0.5, 0.6) is 0 Å². The van der Waals surface area contributed by atoms with Gasteiger partial charge in [0.15, 0.2) is 0 Å². The molecule has 4 nitrogen and oxygen atoms in total. The molecule has 0 fully saturated rings. The van der Waals surface area contributed by atoms with Crippen LogP contribution in [-0.4, -0.2) is 14.5 Å². The third kappa shape index (κ3) is 2.07. The molecular formula is C9H9NO3S. The third-order valence-electron chi connectivity index (χ3n) is 1.93. The van der Waals surface area contributed by atoms with Crippen LogP contribution in [0, 0.1) is 13.8 Å². The summed E-state index contributed by atoms with van der Waals surface area (Å²) in [4.78, 5) is 9.89. The summed E-state index contributed by atoms with van der Waals surface area (Å²) < 4.78 is 25.3. The zero-order valence-electron chi connectivity index (χ0n) is 7.81. The Morgan fingerprint density at radius 3 is 2.36 bits per heavy atom. The minimum atomic E-state index is -3.85. The molecule has 0 saturated heterocycles. The Labute approximate surface area is 82.3 Å². The molecule has 5 heteroatoms. The molecule has 0 atom stereocenters. The van der Waals surface area contributed by atoms with E-state index in [9.17, 15) is 13.2 Å². The van der Waals surface area contributed by atoms with Gasteiger partial charge in [0.05, 0.1) is 4.90 Å². The van der Waals surface area contributed by atoms with E-state index in [1.807, 2.05) is 6.92 Å². The van der Waals surface area contributed by atoms with Gasteiger partial charge in [-0.15, -0.1) is 0 Å². The van der Waals surface area contributed by atoms with Gasteiger partial charge in [0.25, 0.3) is 16.1 Å². The standard InChI is InChI=1S/C9H9NO3S/c1-7-3-4-9(5-8(7)2)14(12,13)10-6-11/h3-5H,1-2H3. The number of isocyanates is 1. The van der Waals surface area contributed by atoms with E-state index >= 15 is 0 Å². The summed E-state index contributed by atoms with van der Waals surface area (Å²) in [6.07, 6.45) is 1.03. The van der Waals surface area contributed by atoms with Gasteiger partial charge < -0.3 is 0 Å². The molecule has 74 valence electrons. The van der Waals surface area contributed by atoms with Gasteiger partial charge in [-0.3, -0.25) is 0 Å². The number of rotatable bonds is 2. The van der Waals surface area contributed by atoms with Gasteiger partial charge in [-0.2, -0.15) is 8.42 Å². The minimum absolute atomic E-state index is 0.0175. The zero-order chi connectivity index (χ0) is 10.8. The van der Waals surface area contributed by atoms with Gasteiger partial charge >= 0.3 is 0 Å². The SMILES string of the molecule is Cc1ccc(S(=O)(=O)N=C=O)cc1C. The van der Waals surface area contributed by atoms with E-state index in [0.717, 1.165) is 17.2 Å². The van der Waals surface area contributed by atoms with Crippen molar-refractivity contribution in [3.05, 3.63) is 29.3 Å². The number of nitrogens with zero attached hydrogens (tertiary/aromatic N) is 1. The predicted molar refractivity (Wildman–Crippen MR) is 51.2 cm³/mol. The normalized spacial score (nSPS) is 10.7. The molecule has 0 amide bonds. The lowest BCUT2D eigenvalue weighted by Gasteiger charge is -2.01. The lowest BCUT2D eigenvalue weighted by molar-refractivity contribution is 0.563. The van der Waals surface area contributed by atoms with Crippen LogP contribution in [0.1, 0.15) is 11.1 Å². The molecule has 0 bridgehead atoms. The summed E-state index contributed by atoms with van der Waals surface area (Å²) in [6, 6.07) is 4.56. The topological polar surface area (TPSA) is 63.6 Å². The van der Waals surface area contributed by atoms with Gasteiger partial charge in [-0.05, 0) is 37.1 Å². The van der Waals surface area contributed by atoms with Crippen molar-refractivity contribution in [2.24, 2.45) is 4.40 Å². The average Bonchev–Trinajstić information content (AvgIpc) is 2.09. The van der Waals surface area contributed by atoms with Crippen LogP contribution in [0.4, 0.5) is 0 Å². The highest BCUT2D eigenvalue weighted by molar-refractivity contribution is 7.90. The van der Waals surface area contributed by atoms with Crippen molar-refractivity contribution in [3.8, 4) is 0 Å². The van der Waals surface area contributed by atoms with Crippen molar-refractivity contribution in [3.63, 3.8) is 0 Å². The maximum Gasteiger partial charge on any atom is 0.292 e. The molecule has 1 aromatic rings. The van der Waals surface area contributed by atoms with Crippen molar-refractivity contribution in [1.82, 2.24) is 0 Å². The van der Waals surface area contributed by atoms with E-state index in [0.29, 0.717) is 0 Å². The van der Waals surface area contributed by atoms with Crippen molar-refractivity contribution in [2.75, 3.05) is 0 Å². The van der Waals surface area contributed by atoms with Crippen molar-refractivity contribution < 1.29 is 13.2 Å². The van der Waals surface area contributed by atoms with Crippen molar-refractivity contribution >= 4 is 16.1 Å². The van der Waals surface area contributed by atoms with Gasteiger partial charge in [0, 0.05) is 0 Å². The van der Waals surface area contributed by atoms with Crippen molar-refractivity contribution in [1.29, 1.82) is 0 Å². The molecule has 0 aliphatic heterocycles. The zero-order valence-corrected chi connectivity index (χ0v) is 8.63. The summed E-state index contributed by atoms with van der Waals surface area (Å²) in [5.41, 5.74) is 1.83. The molecule has 0 aliphatic carbocycles. The molecule has 0 spiro atoms. The second-order valence-electron chi connectivity index (χ2n) is 2.90. The monoisotopic (exact) mass is 211 g/mol. The van der Waals surface area contributed by atoms with E-state index in [4.69, 9.17) is 0 Å². The Morgan fingerprint density at radius 1 is 1.21 bits per heavy atom. The number of carbonyl (C=O) groups excluding carboxylic acids is 1. The molecule has 1 rings (SSSR count). The second-order valence-corrected chi connectivity index (χ2v) is 4.51. The first-order chi connectivity index (χ1) is 6.47. The molecule has 0 unspecified atom stereocenters. The van der Waals surface area contributed by atoms with Crippen LogP contribution >= 0.6 is 0 Å². The minimum Gasteiger partial charge on any atom is -0.210 e. The van der Waals surface area contributed by atoms with E-state index in [-0.39, 0.29) is 4.90 Å². The fourth-order valence-corrected chi connectivity index (χ4v) is 1.75. The van der Waals surface area contributed by atoms with Crippen molar-refractivity contribution in [2.45, 2.75) is 18.7 Å². The molecule has 14 heavy (non-hydrogen) atoms. The van der Waals surface area contributed by atoms with Crippen LogP contribution in [0.2, 0.25) is 0 Å². The van der Waals surface area contributed by atoms with Gasteiger partial charge in [0.1, 0.15) is 0 Å². The lowest BCUT2D eigenvalue weighted by atomic mass is 10.1.